The number of allylic oxidation sites excluding steroid dienone is 4. The van der Waals surface area contributed by atoms with E-state index in [-0.39, 0.29) is 6.10 Å². The van der Waals surface area contributed by atoms with Crippen LogP contribution in [0.1, 0.15) is 98.3 Å². The first-order chi connectivity index (χ1) is 13.3. The summed E-state index contributed by atoms with van der Waals surface area (Å²) in [6.07, 6.45) is 18.2. The van der Waals surface area contributed by atoms with Gasteiger partial charge in [-0.1, -0.05) is 76.8 Å². The summed E-state index contributed by atoms with van der Waals surface area (Å²) < 4.78 is 0. The maximum Gasteiger partial charge on any atom is 0.0583 e. The van der Waals surface area contributed by atoms with Crippen LogP contribution in [0.3, 0.4) is 0 Å². The molecule has 1 nitrogen and oxygen atoms in total. The van der Waals surface area contributed by atoms with Gasteiger partial charge < -0.3 is 5.11 Å². The molecule has 158 valence electrons. The third kappa shape index (κ3) is 4.84. The zero-order chi connectivity index (χ0) is 20.3. The Morgan fingerprint density at radius 2 is 1.89 bits per heavy atom. The topological polar surface area (TPSA) is 20.2 Å². The molecule has 0 amide bonds. The van der Waals surface area contributed by atoms with Crippen molar-refractivity contribution in [3.8, 4) is 0 Å². The third-order valence-corrected chi connectivity index (χ3v) is 8.35. The fraction of sp³-hybridized carbons (Fsp3) is 0.778. The Balaban J connectivity index is 1.70. The molecule has 28 heavy (non-hydrogen) atoms. The van der Waals surface area contributed by atoms with Crippen LogP contribution < -0.4 is 0 Å². The summed E-state index contributed by atoms with van der Waals surface area (Å²) in [6, 6.07) is 0. The summed E-state index contributed by atoms with van der Waals surface area (Å²) >= 11 is 0. The molecule has 0 saturated heterocycles. The third-order valence-electron chi connectivity index (χ3n) is 8.35. The van der Waals surface area contributed by atoms with E-state index in [0.717, 1.165) is 42.9 Å². The molecule has 3 saturated carbocycles. The Bertz CT molecular complexity index is 610. The molecule has 1 heteroatoms. The van der Waals surface area contributed by atoms with Crippen LogP contribution in [0.5, 0.6) is 0 Å². The number of rotatable bonds is 6. The average molecular weight is 385 g/mol. The molecule has 0 spiro atoms. The maximum atomic E-state index is 10.0. The van der Waals surface area contributed by atoms with Gasteiger partial charge in [-0.2, -0.15) is 0 Å². The Kier molecular flexibility index (Phi) is 7.29. The van der Waals surface area contributed by atoms with E-state index in [1.807, 2.05) is 0 Å². The highest BCUT2D eigenvalue weighted by Gasteiger charge is 2.50. The van der Waals surface area contributed by atoms with Gasteiger partial charge >= 0.3 is 0 Å². The maximum absolute atomic E-state index is 10.0. The lowest BCUT2D eigenvalue weighted by Gasteiger charge is -2.44. The Hall–Kier alpha value is -0.820. The lowest BCUT2D eigenvalue weighted by Crippen LogP contribution is -2.36. The SMILES string of the molecule is C=C1CC[C@@H](O)C/C1=C/C=C1\CCC[C@@]2(C)[C@H]1CC[C@H]2[C@@H](C)CCCC(C)C. The van der Waals surface area contributed by atoms with E-state index >= 15 is 0 Å². The molecule has 3 fully saturated rings. The second-order valence-electron chi connectivity index (χ2n) is 10.8. The smallest absolute Gasteiger partial charge is 0.0583 e. The van der Waals surface area contributed by atoms with Crippen LogP contribution in [0.15, 0.2) is 35.5 Å². The van der Waals surface area contributed by atoms with Gasteiger partial charge in [-0.25, -0.2) is 0 Å². The largest absolute Gasteiger partial charge is 0.393 e. The van der Waals surface area contributed by atoms with Gasteiger partial charge in [0.1, 0.15) is 0 Å². The van der Waals surface area contributed by atoms with E-state index in [1.165, 1.54) is 62.5 Å². The lowest BCUT2D eigenvalue weighted by atomic mass is 9.60. The van der Waals surface area contributed by atoms with Crippen LogP contribution in [0.25, 0.3) is 0 Å². The summed E-state index contributed by atoms with van der Waals surface area (Å²) in [6.45, 7) is 14.1. The zero-order valence-corrected chi connectivity index (χ0v) is 19.0. The number of hydrogen-bond acceptors (Lipinski definition) is 1. The van der Waals surface area contributed by atoms with Crippen LogP contribution in [-0.4, -0.2) is 11.2 Å². The van der Waals surface area contributed by atoms with E-state index < -0.39 is 0 Å². The molecular weight excluding hydrogens is 340 g/mol. The minimum atomic E-state index is -0.172. The molecule has 0 aromatic carbocycles. The summed E-state index contributed by atoms with van der Waals surface area (Å²) in [5.74, 6) is 3.37. The molecule has 0 aliphatic heterocycles. The zero-order valence-electron chi connectivity index (χ0n) is 19.0. The average Bonchev–Trinajstić information content (AvgIpc) is 2.99. The first kappa shape index (κ1) is 21.9. The quantitative estimate of drug-likeness (QED) is 0.499. The van der Waals surface area contributed by atoms with Gasteiger partial charge in [-0.3, -0.25) is 0 Å². The summed E-state index contributed by atoms with van der Waals surface area (Å²) in [5, 5.41) is 10.0. The molecule has 0 heterocycles. The highest BCUT2D eigenvalue weighted by atomic mass is 16.3. The number of hydrogen-bond donors (Lipinski definition) is 1. The molecule has 3 aliphatic rings. The minimum absolute atomic E-state index is 0.172. The highest BCUT2D eigenvalue weighted by Crippen LogP contribution is 2.59. The molecule has 0 unspecified atom stereocenters. The van der Waals surface area contributed by atoms with Gasteiger partial charge in [0.2, 0.25) is 0 Å². The number of aliphatic hydroxyl groups excluding tert-OH is 1. The predicted octanol–water partition coefficient (Wildman–Crippen LogP) is 7.62. The van der Waals surface area contributed by atoms with Crippen LogP contribution >= 0.6 is 0 Å². The Morgan fingerprint density at radius 3 is 2.64 bits per heavy atom. The van der Waals surface area contributed by atoms with Crippen molar-refractivity contribution >= 4 is 0 Å². The van der Waals surface area contributed by atoms with Crippen LogP contribution in [0.4, 0.5) is 0 Å². The van der Waals surface area contributed by atoms with E-state index in [2.05, 4.69) is 46.4 Å². The molecule has 5 atom stereocenters. The van der Waals surface area contributed by atoms with Gasteiger partial charge in [0.25, 0.3) is 0 Å². The Morgan fingerprint density at radius 1 is 1.11 bits per heavy atom. The monoisotopic (exact) mass is 384 g/mol. The second kappa shape index (κ2) is 9.33. The summed E-state index contributed by atoms with van der Waals surface area (Å²) in [4.78, 5) is 0. The molecule has 0 radical (unpaired) electrons. The van der Waals surface area contributed by atoms with Crippen molar-refractivity contribution < 1.29 is 5.11 Å². The molecule has 3 rings (SSSR count). The van der Waals surface area contributed by atoms with Crippen molar-refractivity contribution in [2.75, 3.05) is 0 Å². The molecule has 0 bridgehead atoms. The van der Waals surface area contributed by atoms with Crippen molar-refractivity contribution in [2.45, 2.75) is 104 Å². The summed E-state index contributed by atoms with van der Waals surface area (Å²) in [5.41, 5.74) is 4.72. The van der Waals surface area contributed by atoms with Crippen molar-refractivity contribution in [1.82, 2.24) is 0 Å². The fourth-order valence-electron chi connectivity index (χ4n) is 6.66. The van der Waals surface area contributed by atoms with Crippen molar-refractivity contribution in [2.24, 2.45) is 29.1 Å². The normalized spacial score (nSPS) is 37.6. The van der Waals surface area contributed by atoms with E-state index in [9.17, 15) is 5.11 Å². The molecule has 3 aliphatic carbocycles. The minimum Gasteiger partial charge on any atom is -0.393 e. The van der Waals surface area contributed by atoms with Gasteiger partial charge in [-0.05, 0) is 86.0 Å². The van der Waals surface area contributed by atoms with Gasteiger partial charge in [-0.15, -0.1) is 0 Å². The van der Waals surface area contributed by atoms with Crippen molar-refractivity contribution in [3.05, 3.63) is 35.5 Å². The first-order valence-electron chi connectivity index (χ1n) is 12.1. The second-order valence-corrected chi connectivity index (χ2v) is 10.8. The van der Waals surface area contributed by atoms with E-state index in [0.29, 0.717) is 5.41 Å². The summed E-state index contributed by atoms with van der Waals surface area (Å²) in [7, 11) is 0. The van der Waals surface area contributed by atoms with Crippen LogP contribution in [0.2, 0.25) is 0 Å². The van der Waals surface area contributed by atoms with Gasteiger partial charge in [0, 0.05) is 0 Å². The van der Waals surface area contributed by atoms with Crippen molar-refractivity contribution in [3.63, 3.8) is 0 Å². The first-order valence-corrected chi connectivity index (χ1v) is 12.1. The van der Waals surface area contributed by atoms with Crippen molar-refractivity contribution in [1.29, 1.82) is 0 Å². The van der Waals surface area contributed by atoms with Crippen LogP contribution in [-0.2, 0) is 0 Å². The van der Waals surface area contributed by atoms with E-state index in [1.54, 1.807) is 5.57 Å². The highest BCUT2D eigenvalue weighted by molar-refractivity contribution is 5.36. The van der Waals surface area contributed by atoms with Gasteiger partial charge in [0.05, 0.1) is 6.10 Å². The molecule has 0 aromatic rings. The van der Waals surface area contributed by atoms with Gasteiger partial charge in [0.15, 0.2) is 0 Å². The molecular formula is C27H44O. The standard InChI is InChI=1S/C27H44O/c1-19(2)8-6-9-21(4)25-15-16-26-22(10-7-17-27(25,26)5)12-13-23-18-24(28)14-11-20(23)3/h12-13,19,21,24-26,28H,3,6-11,14-18H2,1-2,4-5H3/b22-12+,23-13-/t21-,24+,25-,26-,27+/m0/s1. The van der Waals surface area contributed by atoms with Crippen LogP contribution in [0, 0.1) is 29.1 Å². The lowest BCUT2D eigenvalue weighted by molar-refractivity contribution is 0.0929. The number of aliphatic hydroxyl groups is 1. The predicted molar refractivity (Wildman–Crippen MR) is 121 cm³/mol. The fourth-order valence-corrected chi connectivity index (χ4v) is 6.66. The molecule has 1 N–H and O–H groups in total. The van der Waals surface area contributed by atoms with E-state index in [4.69, 9.17) is 0 Å². The number of fused-ring (bicyclic) bond motifs is 1. The Labute approximate surface area is 174 Å². The molecule has 0 aromatic heterocycles.